The van der Waals surface area contributed by atoms with Crippen LogP contribution in [0.3, 0.4) is 0 Å². The summed E-state index contributed by atoms with van der Waals surface area (Å²) in [5.41, 5.74) is 2.68. The summed E-state index contributed by atoms with van der Waals surface area (Å²) in [7, 11) is -3.52. The number of hydrogen-bond acceptors (Lipinski definition) is 5. The van der Waals surface area contributed by atoms with Gasteiger partial charge in [0, 0.05) is 17.2 Å². The summed E-state index contributed by atoms with van der Waals surface area (Å²) in [6.07, 6.45) is 0. The van der Waals surface area contributed by atoms with E-state index in [4.69, 9.17) is 4.52 Å². The van der Waals surface area contributed by atoms with Gasteiger partial charge in [-0.15, -0.1) is 0 Å². The summed E-state index contributed by atoms with van der Waals surface area (Å²) in [6.45, 7) is 5.56. The van der Waals surface area contributed by atoms with Crippen LogP contribution in [0.4, 0.5) is 0 Å². The number of aryl methyl sites for hydroxylation is 1. The number of nitrogens with zero attached hydrogens (tertiary/aromatic N) is 2. The van der Waals surface area contributed by atoms with Gasteiger partial charge in [0.25, 0.3) is 5.89 Å². The molecule has 0 unspecified atom stereocenters. The molecule has 0 aliphatic heterocycles. The maximum absolute atomic E-state index is 12.1. The molecule has 1 N–H and O–H groups in total. The number of sulfonamides is 1. The molecular weight excluding hydrogens is 338 g/mol. The Morgan fingerprint density at radius 2 is 1.56 bits per heavy atom. The Morgan fingerprint density at radius 1 is 0.960 bits per heavy atom. The van der Waals surface area contributed by atoms with E-state index < -0.39 is 10.0 Å². The van der Waals surface area contributed by atoms with Crippen molar-refractivity contribution in [2.24, 2.45) is 0 Å². The molecule has 0 amide bonds. The topological polar surface area (TPSA) is 85.1 Å². The molecule has 0 bridgehead atoms. The highest BCUT2D eigenvalue weighted by atomic mass is 32.2. The van der Waals surface area contributed by atoms with Crippen LogP contribution in [0, 0.1) is 6.92 Å². The molecule has 3 aromatic rings. The molecule has 1 heterocycles. The van der Waals surface area contributed by atoms with Crippen molar-refractivity contribution in [3.8, 4) is 22.8 Å². The average Bonchev–Trinajstić information content (AvgIpc) is 3.04. The highest BCUT2D eigenvalue weighted by molar-refractivity contribution is 7.89. The van der Waals surface area contributed by atoms with E-state index in [0.717, 1.165) is 11.1 Å². The Morgan fingerprint density at radius 3 is 2.16 bits per heavy atom. The van der Waals surface area contributed by atoms with Crippen molar-refractivity contribution in [2.45, 2.75) is 31.7 Å². The molecule has 0 aliphatic carbocycles. The third-order valence-electron chi connectivity index (χ3n) is 3.54. The van der Waals surface area contributed by atoms with Crippen LogP contribution in [0.15, 0.2) is 57.9 Å². The number of hydrogen-bond donors (Lipinski definition) is 1. The molecule has 1 aromatic heterocycles. The number of benzene rings is 2. The fraction of sp³-hybridized carbons (Fsp3) is 0.222. The average molecular weight is 357 g/mol. The fourth-order valence-corrected chi connectivity index (χ4v) is 3.57. The van der Waals surface area contributed by atoms with E-state index in [1.165, 1.54) is 12.1 Å². The Kier molecular flexibility index (Phi) is 4.69. The molecule has 25 heavy (non-hydrogen) atoms. The van der Waals surface area contributed by atoms with Gasteiger partial charge in [0.05, 0.1) is 4.90 Å². The van der Waals surface area contributed by atoms with Crippen LogP contribution < -0.4 is 4.72 Å². The maximum Gasteiger partial charge on any atom is 0.258 e. The molecule has 7 heteroatoms. The molecule has 6 nitrogen and oxygen atoms in total. The summed E-state index contributed by atoms with van der Waals surface area (Å²) in [4.78, 5) is 4.58. The lowest BCUT2D eigenvalue weighted by Gasteiger charge is -2.09. The number of rotatable bonds is 5. The highest BCUT2D eigenvalue weighted by Crippen LogP contribution is 2.23. The van der Waals surface area contributed by atoms with Crippen molar-refractivity contribution in [3.63, 3.8) is 0 Å². The molecule has 0 saturated heterocycles. The normalized spacial score (nSPS) is 11.8. The van der Waals surface area contributed by atoms with Crippen LogP contribution in [0.1, 0.15) is 19.4 Å². The lowest BCUT2D eigenvalue weighted by Crippen LogP contribution is -2.30. The fourth-order valence-electron chi connectivity index (χ4n) is 2.32. The predicted molar refractivity (Wildman–Crippen MR) is 95.4 cm³/mol. The van der Waals surface area contributed by atoms with E-state index in [9.17, 15) is 8.42 Å². The Bertz CT molecular complexity index is 960. The zero-order valence-corrected chi connectivity index (χ0v) is 15.0. The van der Waals surface area contributed by atoms with Crippen LogP contribution in [0.25, 0.3) is 22.8 Å². The van der Waals surface area contributed by atoms with E-state index in [0.29, 0.717) is 17.3 Å². The molecule has 2 aromatic carbocycles. The summed E-state index contributed by atoms with van der Waals surface area (Å²) in [5.74, 6) is 0.838. The van der Waals surface area contributed by atoms with Gasteiger partial charge in [-0.25, -0.2) is 13.1 Å². The molecule has 3 rings (SSSR count). The van der Waals surface area contributed by atoms with Gasteiger partial charge in [-0.2, -0.15) is 4.98 Å². The second kappa shape index (κ2) is 6.78. The van der Waals surface area contributed by atoms with Gasteiger partial charge in [0.1, 0.15) is 0 Å². The van der Waals surface area contributed by atoms with E-state index in [2.05, 4.69) is 14.9 Å². The first-order valence-electron chi connectivity index (χ1n) is 7.89. The van der Waals surface area contributed by atoms with E-state index >= 15 is 0 Å². The molecule has 130 valence electrons. The summed E-state index contributed by atoms with van der Waals surface area (Å²) < 4.78 is 32.1. The van der Waals surface area contributed by atoms with Gasteiger partial charge in [-0.3, -0.25) is 0 Å². The van der Waals surface area contributed by atoms with Crippen molar-refractivity contribution < 1.29 is 12.9 Å². The molecule has 0 atom stereocenters. The van der Waals surface area contributed by atoms with Gasteiger partial charge in [-0.05, 0) is 45.0 Å². The van der Waals surface area contributed by atoms with Gasteiger partial charge in [0.2, 0.25) is 15.8 Å². The first kappa shape index (κ1) is 17.3. The lowest BCUT2D eigenvalue weighted by atomic mass is 10.1. The second-order valence-electron chi connectivity index (χ2n) is 6.09. The number of nitrogens with one attached hydrogen (secondary N) is 1. The van der Waals surface area contributed by atoms with Crippen molar-refractivity contribution in [1.82, 2.24) is 14.9 Å². The minimum Gasteiger partial charge on any atom is -0.334 e. The Labute approximate surface area is 147 Å². The van der Waals surface area contributed by atoms with Gasteiger partial charge in [-0.1, -0.05) is 35.0 Å². The minimum absolute atomic E-state index is 0.169. The summed E-state index contributed by atoms with van der Waals surface area (Å²) >= 11 is 0. The molecular formula is C18H19N3O3S. The zero-order chi connectivity index (χ0) is 18.0. The quantitative estimate of drug-likeness (QED) is 0.756. The van der Waals surface area contributed by atoms with Crippen LogP contribution >= 0.6 is 0 Å². The Balaban J connectivity index is 1.85. The van der Waals surface area contributed by atoms with Crippen LogP contribution in [0.5, 0.6) is 0 Å². The van der Waals surface area contributed by atoms with Crippen molar-refractivity contribution in [2.75, 3.05) is 0 Å². The minimum atomic E-state index is -3.52. The first-order valence-corrected chi connectivity index (χ1v) is 9.37. The summed E-state index contributed by atoms with van der Waals surface area (Å²) in [6, 6.07) is 14.0. The lowest BCUT2D eigenvalue weighted by molar-refractivity contribution is 0.432. The second-order valence-corrected chi connectivity index (χ2v) is 7.80. The smallest absolute Gasteiger partial charge is 0.258 e. The molecule has 0 fully saturated rings. The van der Waals surface area contributed by atoms with Crippen LogP contribution in [0.2, 0.25) is 0 Å². The zero-order valence-electron chi connectivity index (χ0n) is 14.2. The maximum atomic E-state index is 12.1. The Hall–Kier alpha value is -2.51. The summed E-state index contributed by atoms with van der Waals surface area (Å²) in [5, 5.41) is 3.99. The molecule has 0 spiro atoms. The van der Waals surface area contributed by atoms with Crippen LogP contribution in [-0.4, -0.2) is 24.6 Å². The van der Waals surface area contributed by atoms with E-state index in [-0.39, 0.29) is 10.9 Å². The van der Waals surface area contributed by atoms with Gasteiger partial charge < -0.3 is 4.52 Å². The largest absolute Gasteiger partial charge is 0.334 e. The predicted octanol–water partition coefficient (Wildman–Crippen LogP) is 3.40. The highest BCUT2D eigenvalue weighted by Gasteiger charge is 2.16. The van der Waals surface area contributed by atoms with Crippen molar-refractivity contribution >= 4 is 10.0 Å². The third-order valence-corrected chi connectivity index (χ3v) is 5.21. The monoisotopic (exact) mass is 357 g/mol. The van der Waals surface area contributed by atoms with E-state index in [1.54, 1.807) is 26.0 Å². The molecule has 0 radical (unpaired) electrons. The van der Waals surface area contributed by atoms with Gasteiger partial charge in [0.15, 0.2) is 0 Å². The van der Waals surface area contributed by atoms with Crippen molar-refractivity contribution in [3.05, 3.63) is 54.1 Å². The number of aromatic nitrogens is 2. The SMILES string of the molecule is Cc1ccc(-c2noc(-c3ccc(S(=O)(=O)NC(C)C)cc3)n2)cc1. The molecule has 0 aliphatic rings. The standard InChI is InChI=1S/C18H19N3O3S/c1-12(2)21-25(22,23)16-10-8-15(9-11-16)18-19-17(20-24-18)14-6-4-13(3)5-7-14/h4-12,21H,1-3H3. The van der Waals surface area contributed by atoms with Crippen molar-refractivity contribution in [1.29, 1.82) is 0 Å². The van der Waals surface area contributed by atoms with Gasteiger partial charge >= 0.3 is 0 Å². The van der Waals surface area contributed by atoms with E-state index in [1.807, 2.05) is 31.2 Å². The first-order chi connectivity index (χ1) is 11.8. The molecule has 0 saturated carbocycles. The van der Waals surface area contributed by atoms with Crippen LogP contribution in [-0.2, 0) is 10.0 Å². The third kappa shape index (κ3) is 3.94.